The van der Waals surface area contributed by atoms with E-state index in [2.05, 4.69) is 27.0 Å². The second kappa shape index (κ2) is 8.73. The molecule has 0 unspecified atom stereocenters. The molecule has 8 heteroatoms. The number of carbonyl (C=O) groups is 1. The number of amides is 1. The second-order valence-electron chi connectivity index (χ2n) is 6.39. The van der Waals surface area contributed by atoms with Gasteiger partial charge >= 0.3 is 0 Å². The van der Waals surface area contributed by atoms with Gasteiger partial charge in [0.1, 0.15) is 5.82 Å². The normalized spacial score (nSPS) is 18.7. The third-order valence-electron chi connectivity index (χ3n) is 4.31. The second-order valence-corrected chi connectivity index (χ2v) is 9.91. The molecule has 140 valence electrons. The number of rotatable bonds is 8. The van der Waals surface area contributed by atoms with Crippen LogP contribution in [0.25, 0.3) is 0 Å². The summed E-state index contributed by atoms with van der Waals surface area (Å²) in [6.45, 7) is 1.28. The van der Waals surface area contributed by atoms with E-state index >= 15 is 0 Å². The van der Waals surface area contributed by atoms with Crippen LogP contribution in [0.4, 0.5) is 0 Å². The number of hydrogen-bond acceptors (Lipinski definition) is 5. The van der Waals surface area contributed by atoms with Gasteiger partial charge in [-0.1, -0.05) is 30.3 Å². The fourth-order valence-electron chi connectivity index (χ4n) is 2.94. The Labute approximate surface area is 158 Å². The third-order valence-corrected chi connectivity index (χ3v) is 7.59. The first kappa shape index (κ1) is 19.0. The van der Waals surface area contributed by atoms with E-state index in [1.807, 2.05) is 24.4 Å². The first-order valence-corrected chi connectivity index (χ1v) is 11.5. The molecular formula is C18H23N3O3S2. The average molecular weight is 394 g/mol. The van der Waals surface area contributed by atoms with Crippen LogP contribution in [0.3, 0.4) is 0 Å². The van der Waals surface area contributed by atoms with E-state index in [1.54, 1.807) is 6.20 Å². The quantitative estimate of drug-likeness (QED) is 0.735. The number of nitrogens with zero attached hydrogens (tertiary/aromatic N) is 2. The Bertz CT molecular complexity index is 834. The van der Waals surface area contributed by atoms with Crippen molar-refractivity contribution in [1.82, 2.24) is 14.9 Å². The highest BCUT2D eigenvalue weighted by atomic mass is 32.2. The van der Waals surface area contributed by atoms with Crippen LogP contribution in [0, 0.1) is 0 Å². The summed E-state index contributed by atoms with van der Waals surface area (Å²) in [5.41, 5.74) is 1.21. The topological polar surface area (TPSA) is 81.1 Å². The minimum atomic E-state index is -2.88. The SMILES string of the molecule is O=C(CS[C@@H]1CCS(=O)(=O)C1)NCCc1nccn1Cc1ccccc1. The van der Waals surface area contributed by atoms with Gasteiger partial charge in [-0.15, -0.1) is 11.8 Å². The Kier molecular flexibility index (Phi) is 6.37. The molecule has 0 aliphatic carbocycles. The molecule has 0 bridgehead atoms. The highest BCUT2D eigenvalue weighted by Gasteiger charge is 2.28. The van der Waals surface area contributed by atoms with Crippen LogP contribution >= 0.6 is 11.8 Å². The van der Waals surface area contributed by atoms with E-state index in [0.29, 0.717) is 25.1 Å². The Morgan fingerprint density at radius 2 is 2.12 bits per heavy atom. The van der Waals surface area contributed by atoms with Crippen molar-refractivity contribution in [3.8, 4) is 0 Å². The van der Waals surface area contributed by atoms with Gasteiger partial charge in [-0.05, 0) is 12.0 Å². The van der Waals surface area contributed by atoms with E-state index in [1.165, 1.54) is 17.3 Å². The number of thioether (sulfide) groups is 1. The summed E-state index contributed by atoms with van der Waals surface area (Å²) in [5, 5.41) is 2.95. The zero-order chi connectivity index (χ0) is 18.4. The first-order chi connectivity index (χ1) is 12.5. The van der Waals surface area contributed by atoms with Gasteiger partial charge in [-0.25, -0.2) is 13.4 Å². The van der Waals surface area contributed by atoms with E-state index in [-0.39, 0.29) is 22.7 Å². The molecule has 2 aromatic rings. The van der Waals surface area contributed by atoms with E-state index < -0.39 is 9.84 Å². The highest BCUT2D eigenvalue weighted by Crippen LogP contribution is 2.23. The molecule has 1 fully saturated rings. The Balaban J connectivity index is 1.40. The zero-order valence-electron chi connectivity index (χ0n) is 14.5. The van der Waals surface area contributed by atoms with Crippen molar-refractivity contribution in [1.29, 1.82) is 0 Å². The van der Waals surface area contributed by atoms with Gasteiger partial charge in [0.25, 0.3) is 0 Å². The standard InChI is InChI=1S/C18H23N3O3S2/c22-18(13-25-16-7-11-26(23,24)14-16)20-8-6-17-19-9-10-21(17)12-15-4-2-1-3-5-15/h1-5,9-10,16H,6-8,11-14H2,(H,20,22)/t16-/m1/s1. The van der Waals surface area contributed by atoms with Crippen LogP contribution < -0.4 is 5.32 Å². The summed E-state index contributed by atoms with van der Waals surface area (Å²) in [6, 6.07) is 10.2. The maximum absolute atomic E-state index is 12.0. The Morgan fingerprint density at radius 3 is 2.85 bits per heavy atom. The summed E-state index contributed by atoms with van der Waals surface area (Å²) >= 11 is 1.44. The molecule has 1 aromatic heterocycles. The molecule has 6 nitrogen and oxygen atoms in total. The number of benzene rings is 1. The fourth-order valence-corrected chi connectivity index (χ4v) is 6.42. The van der Waals surface area contributed by atoms with Crippen LogP contribution in [-0.2, 0) is 27.6 Å². The maximum atomic E-state index is 12.0. The smallest absolute Gasteiger partial charge is 0.230 e. The maximum Gasteiger partial charge on any atom is 0.230 e. The van der Waals surface area contributed by atoms with Gasteiger partial charge in [-0.3, -0.25) is 4.79 Å². The van der Waals surface area contributed by atoms with Crippen LogP contribution in [-0.4, -0.2) is 52.9 Å². The van der Waals surface area contributed by atoms with Gasteiger partial charge in [0.2, 0.25) is 5.91 Å². The summed E-state index contributed by atoms with van der Waals surface area (Å²) in [6.07, 6.45) is 5.03. The molecule has 26 heavy (non-hydrogen) atoms. The van der Waals surface area contributed by atoms with Gasteiger partial charge in [0.15, 0.2) is 9.84 Å². The van der Waals surface area contributed by atoms with Crippen LogP contribution in [0.1, 0.15) is 17.8 Å². The monoisotopic (exact) mass is 393 g/mol. The molecule has 1 amide bonds. The van der Waals surface area contributed by atoms with E-state index in [4.69, 9.17) is 0 Å². The summed E-state index contributed by atoms with van der Waals surface area (Å²) < 4.78 is 24.9. The fraction of sp³-hybridized carbons (Fsp3) is 0.444. The highest BCUT2D eigenvalue weighted by molar-refractivity contribution is 8.02. The minimum Gasteiger partial charge on any atom is -0.355 e. The predicted octanol–water partition coefficient (Wildman–Crippen LogP) is 1.51. The summed E-state index contributed by atoms with van der Waals surface area (Å²) in [5.74, 6) is 1.63. The molecule has 1 N–H and O–H groups in total. The molecule has 1 aliphatic rings. The molecule has 1 saturated heterocycles. The number of imidazole rings is 1. The van der Waals surface area contributed by atoms with Crippen molar-refractivity contribution in [2.24, 2.45) is 0 Å². The molecule has 0 saturated carbocycles. The number of carbonyl (C=O) groups excluding carboxylic acids is 1. The van der Waals surface area contributed by atoms with Gasteiger partial charge in [0.05, 0.1) is 17.3 Å². The number of nitrogens with one attached hydrogen (secondary N) is 1. The van der Waals surface area contributed by atoms with Crippen LogP contribution in [0.2, 0.25) is 0 Å². The molecule has 1 aromatic carbocycles. The molecule has 1 aliphatic heterocycles. The molecule has 3 rings (SSSR count). The number of hydrogen-bond donors (Lipinski definition) is 1. The van der Waals surface area contributed by atoms with Crippen molar-refractivity contribution in [2.45, 2.75) is 24.6 Å². The molecule has 0 radical (unpaired) electrons. The van der Waals surface area contributed by atoms with Crippen molar-refractivity contribution in [2.75, 3.05) is 23.8 Å². The molecule has 0 spiro atoms. The largest absolute Gasteiger partial charge is 0.355 e. The predicted molar refractivity (Wildman–Crippen MR) is 104 cm³/mol. The van der Waals surface area contributed by atoms with E-state index in [9.17, 15) is 13.2 Å². The first-order valence-electron chi connectivity index (χ1n) is 8.64. The number of aromatic nitrogens is 2. The third kappa shape index (κ3) is 5.60. The Hall–Kier alpha value is -1.80. The van der Waals surface area contributed by atoms with Crippen LogP contribution in [0.5, 0.6) is 0 Å². The van der Waals surface area contributed by atoms with Crippen molar-refractivity contribution in [3.63, 3.8) is 0 Å². The zero-order valence-corrected chi connectivity index (χ0v) is 16.1. The lowest BCUT2D eigenvalue weighted by Crippen LogP contribution is -2.28. The van der Waals surface area contributed by atoms with E-state index in [0.717, 1.165) is 12.4 Å². The number of sulfone groups is 1. The molecule has 2 heterocycles. The van der Waals surface area contributed by atoms with Gasteiger partial charge in [-0.2, -0.15) is 0 Å². The molecule has 1 atom stereocenters. The summed E-state index contributed by atoms with van der Waals surface area (Å²) in [7, 11) is -2.88. The lowest BCUT2D eigenvalue weighted by atomic mass is 10.2. The van der Waals surface area contributed by atoms with Crippen molar-refractivity contribution < 1.29 is 13.2 Å². The minimum absolute atomic E-state index is 0.0514. The Morgan fingerprint density at radius 1 is 1.31 bits per heavy atom. The van der Waals surface area contributed by atoms with Crippen molar-refractivity contribution >= 4 is 27.5 Å². The average Bonchev–Trinajstić information content (AvgIpc) is 3.20. The lowest BCUT2D eigenvalue weighted by Gasteiger charge is -2.10. The van der Waals surface area contributed by atoms with Gasteiger partial charge in [0, 0.05) is 37.2 Å². The lowest BCUT2D eigenvalue weighted by molar-refractivity contribution is -0.118. The van der Waals surface area contributed by atoms with Gasteiger partial charge < -0.3 is 9.88 Å². The van der Waals surface area contributed by atoms with Crippen LogP contribution in [0.15, 0.2) is 42.7 Å². The van der Waals surface area contributed by atoms with Crippen molar-refractivity contribution in [3.05, 3.63) is 54.1 Å². The molecular weight excluding hydrogens is 370 g/mol. The summed E-state index contributed by atoms with van der Waals surface area (Å²) in [4.78, 5) is 16.3.